The highest BCUT2D eigenvalue weighted by atomic mass is 16.1. The summed E-state index contributed by atoms with van der Waals surface area (Å²) >= 11 is 0. The van der Waals surface area contributed by atoms with Gasteiger partial charge >= 0.3 is 0 Å². The Balaban J connectivity index is 2.08. The van der Waals surface area contributed by atoms with Crippen LogP contribution in [0.2, 0.25) is 0 Å². The number of fused-ring (bicyclic) bond motifs is 3. The third-order valence-electron chi connectivity index (χ3n) is 3.18. The Labute approximate surface area is 68.4 Å². The Bertz CT molecular complexity index is 175. The summed E-state index contributed by atoms with van der Waals surface area (Å²) in [5, 5.41) is 0. The van der Waals surface area contributed by atoms with Crippen molar-refractivity contribution in [1.29, 1.82) is 0 Å². The van der Waals surface area contributed by atoms with Gasteiger partial charge in [-0.3, -0.25) is 0 Å². The van der Waals surface area contributed by atoms with Crippen LogP contribution in [-0.2, 0) is 4.79 Å². The van der Waals surface area contributed by atoms with Gasteiger partial charge in [-0.05, 0) is 31.8 Å². The van der Waals surface area contributed by atoms with E-state index in [4.69, 9.17) is 0 Å². The van der Waals surface area contributed by atoms with Gasteiger partial charge < -0.3 is 9.69 Å². The summed E-state index contributed by atoms with van der Waals surface area (Å²) in [6.45, 7) is 3.50. The van der Waals surface area contributed by atoms with E-state index in [0.717, 1.165) is 12.5 Å². The molecule has 3 heterocycles. The lowest BCUT2D eigenvalue weighted by molar-refractivity contribution is -0.120. The zero-order chi connectivity index (χ0) is 7.84. The van der Waals surface area contributed by atoms with E-state index in [1.54, 1.807) is 7.85 Å². The molecule has 2 bridgehead atoms. The monoisotopic (exact) mass is 151 g/mol. The first-order valence-corrected chi connectivity index (χ1v) is 4.50. The number of rotatable bonds is 1. The van der Waals surface area contributed by atoms with Gasteiger partial charge in [0, 0.05) is 12.5 Å². The summed E-state index contributed by atoms with van der Waals surface area (Å²) in [5.41, 5.74) is 0.402. The Morgan fingerprint density at radius 2 is 2.00 bits per heavy atom. The Morgan fingerprint density at radius 3 is 2.27 bits per heavy atom. The van der Waals surface area contributed by atoms with Gasteiger partial charge in [0.1, 0.15) is 0 Å². The molecule has 3 aliphatic rings. The number of piperidine rings is 3. The Hall–Kier alpha value is -0.305. The second kappa shape index (κ2) is 2.63. The van der Waals surface area contributed by atoms with Crippen molar-refractivity contribution in [3.63, 3.8) is 0 Å². The molecule has 11 heavy (non-hydrogen) atoms. The van der Waals surface area contributed by atoms with Crippen molar-refractivity contribution in [3.8, 4) is 0 Å². The molecule has 0 aromatic rings. The van der Waals surface area contributed by atoms with E-state index in [1.807, 2.05) is 0 Å². The molecule has 60 valence electrons. The number of carbonyl (C=O) groups excluding carboxylic acids is 1. The molecule has 0 saturated carbocycles. The van der Waals surface area contributed by atoms with Crippen LogP contribution in [0.5, 0.6) is 0 Å². The maximum atomic E-state index is 11.2. The summed E-state index contributed by atoms with van der Waals surface area (Å²) in [4.78, 5) is 13.6. The standard InChI is InChI=1S/C8H14BNO/c9-8(11)7-5-10-3-1-6(7)2-4-10/h6-7H,1-5,9H2. The average Bonchev–Trinajstić information content (AvgIpc) is 2.06. The van der Waals surface area contributed by atoms with Crippen molar-refractivity contribution in [1.82, 2.24) is 4.90 Å². The predicted molar refractivity (Wildman–Crippen MR) is 46.2 cm³/mol. The molecule has 1 unspecified atom stereocenters. The zero-order valence-corrected chi connectivity index (χ0v) is 7.05. The van der Waals surface area contributed by atoms with E-state index in [9.17, 15) is 4.79 Å². The topological polar surface area (TPSA) is 20.3 Å². The smallest absolute Gasteiger partial charge is 0.187 e. The lowest BCUT2D eigenvalue weighted by Gasteiger charge is -2.43. The molecule has 1 atom stereocenters. The normalized spacial score (nSPS) is 42.4. The first-order chi connectivity index (χ1) is 5.27. The minimum absolute atomic E-state index is 0.373. The molecule has 3 saturated heterocycles. The fraction of sp³-hybridized carbons (Fsp3) is 0.875. The molecule has 2 nitrogen and oxygen atoms in total. The first kappa shape index (κ1) is 7.35. The molecule has 3 heteroatoms. The molecule has 0 amide bonds. The molecule has 3 aliphatic heterocycles. The third-order valence-corrected chi connectivity index (χ3v) is 3.18. The lowest BCUT2D eigenvalue weighted by Crippen LogP contribution is -2.50. The van der Waals surface area contributed by atoms with Crippen LogP contribution in [0.25, 0.3) is 0 Å². The van der Waals surface area contributed by atoms with Crippen LogP contribution in [0.3, 0.4) is 0 Å². The van der Waals surface area contributed by atoms with Crippen molar-refractivity contribution in [2.45, 2.75) is 12.8 Å². The SMILES string of the molecule is BC(=O)C1CN2CCC1CC2. The van der Waals surface area contributed by atoms with Gasteiger partial charge in [-0.2, -0.15) is 0 Å². The maximum Gasteiger partial charge on any atom is 0.187 e. The second-order valence-electron chi connectivity index (χ2n) is 3.86. The minimum atomic E-state index is 0.373. The van der Waals surface area contributed by atoms with Gasteiger partial charge in [-0.1, -0.05) is 0 Å². The lowest BCUT2D eigenvalue weighted by atomic mass is 9.72. The van der Waals surface area contributed by atoms with Crippen molar-refractivity contribution < 1.29 is 4.79 Å². The van der Waals surface area contributed by atoms with Crippen molar-refractivity contribution in [2.24, 2.45) is 11.8 Å². The summed E-state index contributed by atoms with van der Waals surface area (Å²) in [5.74, 6) is 1.09. The van der Waals surface area contributed by atoms with Crippen molar-refractivity contribution in [3.05, 3.63) is 0 Å². The number of nitrogens with zero attached hydrogens (tertiary/aromatic N) is 1. The van der Waals surface area contributed by atoms with Crippen LogP contribution in [0.4, 0.5) is 0 Å². The Morgan fingerprint density at radius 1 is 1.36 bits per heavy atom. The van der Waals surface area contributed by atoms with Gasteiger partial charge in [-0.15, -0.1) is 0 Å². The summed E-state index contributed by atoms with van der Waals surface area (Å²) in [6.07, 6.45) is 2.51. The third kappa shape index (κ3) is 1.22. The summed E-state index contributed by atoms with van der Waals surface area (Å²) in [7, 11) is 1.74. The highest BCUT2D eigenvalue weighted by Crippen LogP contribution is 2.31. The van der Waals surface area contributed by atoms with Crippen molar-refractivity contribution >= 4 is 13.5 Å². The molecule has 0 N–H and O–H groups in total. The van der Waals surface area contributed by atoms with Crippen molar-refractivity contribution in [2.75, 3.05) is 19.6 Å². The number of carbonyl (C=O) groups is 1. The predicted octanol–water partition coefficient (Wildman–Crippen LogP) is -0.512. The molecule has 0 aromatic carbocycles. The van der Waals surface area contributed by atoms with Gasteiger partial charge in [0.15, 0.2) is 7.85 Å². The minimum Gasteiger partial charge on any atom is -0.312 e. The van der Waals surface area contributed by atoms with E-state index in [1.165, 1.54) is 25.9 Å². The van der Waals surface area contributed by atoms with Crippen LogP contribution < -0.4 is 0 Å². The van der Waals surface area contributed by atoms with E-state index < -0.39 is 0 Å². The maximum absolute atomic E-state index is 11.2. The van der Waals surface area contributed by atoms with E-state index >= 15 is 0 Å². The van der Waals surface area contributed by atoms with Gasteiger partial charge in [0.2, 0.25) is 0 Å². The van der Waals surface area contributed by atoms with Crippen LogP contribution in [-0.4, -0.2) is 38.1 Å². The molecule has 3 fully saturated rings. The summed E-state index contributed by atoms with van der Waals surface area (Å²) < 4.78 is 0. The quantitative estimate of drug-likeness (QED) is 0.470. The number of hydrogen-bond donors (Lipinski definition) is 0. The number of hydrogen-bond acceptors (Lipinski definition) is 2. The zero-order valence-electron chi connectivity index (χ0n) is 7.05. The van der Waals surface area contributed by atoms with Crippen LogP contribution in [0.1, 0.15) is 12.8 Å². The van der Waals surface area contributed by atoms with E-state index in [2.05, 4.69) is 4.90 Å². The van der Waals surface area contributed by atoms with E-state index in [0.29, 0.717) is 11.6 Å². The molecular weight excluding hydrogens is 137 g/mol. The second-order valence-corrected chi connectivity index (χ2v) is 3.86. The largest absolute Gasteiger partial charge is 0.312 e. The van der Waals surface area contributed by atoms with Crippen LogP contribution in [0, 0.1) is 11.8 Å². The fourth-order valence-electron chi connectivity index (χ4n) is 2.43. The molecule has 0 aliphatic carbocycles. The average molecular weight is 151 g/mol. The van der Waals surface area contributed by atoms with Gasteiger partial charge in [0.05, 0.1) is 5.68 Å². The molecule has 0 spiro atoms. The van der Waals surface area contributed by atoms with Crippen LogP contribution >= 0.6 is 0 Å². The molecule has 0 aromatic heterocycles. The van der Waals surface area contributed by atoms with Gasteiger partial charge in [-0.25, -0.2) is 0 Å². The molecule has 3 rings (SSSR count). The molecule has 0 radical (unpaired) electrons. The van der Waals surface area contributed by atoms with E-state index in [-0.39, 0.29) is 0 Å². The highest BCUT2D eigenvalue weighted by Gasteiger charge is 2.35. The summed E-state index contributed by atoms with van der Waals surface area (Å²) in [6, 6.07) is 0. The molecular formula is C8H14BNO. The first-order valence-electron chi connectivity index (χ1n) is 4.50. The van der Waals surface area contributed by atoms with Crippen LogP contribution in [0.15, 0.2) is 0 Å². The Kier molecular flexibility index (Phi) is 1.76. The fourth-order valence-corrected chi connectivity index (χ4v) is 2.43. The van der Waals surface area contributed by atoms with Gasteiger partial charge in [0.25, 0.3) is 0 Å². The highest BCUT2D eigenvalue weighted by molar-refractivity contribution is 6.58.